The minimum Gasteiger partial charge on any atom is -0.452 e. The highest BCUT2D eigenvalue weighted by Crippen LogP contribution is 2.17. The van der Waals surface area contributed by atoms with Gasteiger partial charge in [0.25, 0.3) is 5.91 Å². The summed E-state index contributed by atoms with van der Waals surface area (Å²) >= 11 is 1.36. The SMILES string of the molecule is O=C(COC(=O)/C=C/Sc1ccccc1)Nc1ccccc1F. The summed E-state index contributed by atoms with van der Waals surface area (Å²) in [6.45, 7) is -0.479. The third-order valence-electron chi connectivity index (χ3n) is 2.64. The van der Waals surface area contributed by atoms with Crippen molar-refractivity contribution in [3.05, 3.63) is 71.9 Å². The first kappa shape index (κ1) is 16.8. The zero-order valence-corrected chi connectivity index (χ0v) is 12.9. The Morgan fingerprint density at radius 3 is 2.52 bits per heavy atom. The van der Waals surface area contributed by atoms with Crippen molar-refractivity contribution < 1.29 is 18.7 Å². The van der Waals surface area contributed by atoms with Crippen LogP contribution in [0.3, 0.4) is 0 Å². The Hall–Kier alpha value is -2.60. The number of esters is 1. The van der Waals surface area contributed by atoms with E-state index in [-0.39, 0.29) is 5.69 Å². The van der Waals surface area contributed by atoms with E-state index in [0.29, 0.717) is 0 Å². The van der Waals surface area contributed by atoms with Gasteiger partial charge < -0.3 is 10.1 Å². The first-order chi connectivity index (χ1) is 11.1. The van der Waals surface area contributed by atoms with E-state index in [1.54, 1.807) is 11.5 Å². The number of hydrogen-bond acceptors (Lipinski definition) is 4. The number of halogens is 1. The number of rotatable bonds is 6. The monoisotopic (exact) mass is 331 g/mol. The van der Waals surface area contributed by atoms with Gasteiger partial charge in [0, 0.05) is 11.0 Å². The molecule has 2 aromatic rings. The van der Waals surface area contributed by atoms with E-state index in [1.165, 1.54) is 36.0 Å². The second-order valence-corrected chi connectivity index (χ2v) is 5.35. The molecule has 0 heterocycles. The van der Waals surface area contributed by atoms with Crippen molar-refractivity contribution in [1.82, 2.24) is 0 Å². The first-order valence-corrected chi connectivity index (χ1v) is 7.62. The predicted molar refractivity (Wildman–Crippen MR) is 87.4 cm³/mol. The summed E-state index contributed by atoms with van der Waals surface area (Å²) in [5.41, 5.74) is 0.0451. The molecule has 0 saturated heterocycles. The summed E-state index contributed by atoms with van der Waals surface area (Å²) in [4.78, 5) is 24.0. The van der Waals surface area contributed by atoms with Crippen molar-refractivity contribution in [2.75, 3.05) is 11.9 Å². The maximum absolute atomic E-state index is 13.3. The molecule has 0 saturated carbocycles. The molecule has 0 aliphatic heterocycles. The molecular weight excluding hydrogens is 317 g/mol. The van der Waals surface area contributed by atoms with Crippen molar-refractivity contribution in [2.45, 2.75) is 4.90 Å². The van der Waals surface area contributed by atoms with Gasteiger partial charge in [0.2, 0.25) is 0 Å². The molecule has 1 amide bonds. The van der Waals surface area contributed by atoms with Crippen LogP contribution < -0.4 is 5.32 Å². The molecular formula is C17H14FNO3S. The summed E-state index contributed by atoms with van der Waals surface area (Å²) in [7, 11) is 0. The van der Waals surface area contributed by atoms with Crippen molar-refractivity contribution in [3.8, 4) is 0 Å². The third kappa shape index (κ3) is 5.96. The molecule has 0 atom stereocenters. The maximum atomic E-state index is 13.3. The molecule has 6 heteroatoms. The van der Waals surface area contributed by atoms with Crippen LogP contribution in [0.2, 0.25) is 0 Å². The molecule has 0 aliphatic carbocycles. The highest BCUT2D eigenvalue weighted by atomic mass is 32.2. The van der Waals surface area contributed by atoms with E-state index >= 15 is 0 Å². The standard InChI is InChI=1S/C17H14FNO3S/c18-14-8-4-5-9-15(14)19-16(20)12-22-17(21)10-11-23-13-6-2-1-3-7-13/h1-11H,12H2,(H,19,20)/b11-10+. The minimum absolute atomic E-state index is 0.0451. The van der Waals surface area contributed by atoms with Crippen molar-refractivity contribution in [1.29, 1.82) is 0 Å². The molecule has 23 heavy (non-hydrogen) atoms. The number of amides is 1. The van der Waals surface area contributed by atoms with Crippen molar-refractivity contribution in [3.63, 3.8) is 0 Å². The quantitative estimate of drug-likeness (QED) is 0.499. The number of benzene rings is 2. The fourth-order valence-electron chi connectivity index (χ4n) is 1.60. The number of carbonyl (C=O) groups is 2. The Labute approximate surface area is 137 Å². The lowest BCUT2D eigenvalue weighted by molar-refractivity contribution is -0.142. The van der Waals surface area contributed by atoms with Crippen LogP contribution in [-0.2, 0) is 14.3 Å². The van der Waals surface area contributed by atoms with Gasteiger partial charge in [-0.2, -0.15) is 0 Å². The van der Waals surface area contributed by atoms with Crippen LogP contribution >= 0.6 is 11.8 Å². The van der Waals surface area contributed by atoms with Gasteiger partial charge in [0.1, 0.15) is 5.82 Å². The molecule has 118 valence electrons. The molecule has 0 fully saturated rings. The van der Waals surface area contributed by atoms with Gasteiger partial charge >= 0.3 is 5.97 Å². The van der Waals surface area contributed by atoms with Gasteiger partial charge in [0.15, 0.2) is 6.61 Å². The summed E-state index contributed by atoms with van der Waals surface area (Å²) in [6.07, 6.45) is 1.23. The van der Waals surface area contributed by atoms with Gasteiger partial charge in [-0.1, -0.05) is 42.1 Å². The molecule has 0 aliphatic rings. The Morgan fingerprint density at radius 2 is 1.78 bits per heavy atom. The second kappa shape index (κ2) is 8.75. The lowest BCUT2D eigenvalue weighted by Crippen LogP contribution is -2.20. The van der Waals surface area contributed by atoms with E-state index < -0.39 is 24.3 Å². The largest absolute Gasteiger partial charge is 0.452 e. The van der Waals surface area contributed by atoms with Crippen LogP contribution in [0.4, 0.5) is 10.1 Å². The normalized spacial score (nSPS) is 10.5. The fourth-order valence-corrected chi connectivity index (χ4v) is 2.25. The Kier molecular flexibility index (Phi) is 6.38. The molecule has 2 rings (SSSR count). The number of nitrogens with one attached hydrogen (secondary N) is 1. The van der Waals surface area contributed by atoms with Gasteiger partial charge in [0.05, 0.1) is 5.69 Å². The molecule has 0 radical (unpaired) electrons. The summed E-state index contributed by atoms with van der Waals surface area (Å²) < 4.78 is 18.1. The Bertz CT molecular complexity index is 704. The summed E-state index contributed by atoms with van der Waals surface area (Å²) in [6, 6.07) is 15.2. The molecule has 1 N–H and O–H groups in total. The van der Waals surface area contributed by atoms with E-state index in [1.807, 2.05) is 30.3 Å². The lowest BCUT2D eigenvalue weighted by Gasteiger charge is -2.06. The van der Waals surface area contributed by atoms with Crippen LogP contribution in [0.1, 0.15) is 0 Å². The summed E-state index contributed by atoms with van der Waals surface area (Å²) in [5, 5.41) is 3.90. The second-order valence-electron chi connectivity index (χ2n) is 4.37. The van der Waals surface area contributed by atoms with Crippen molar-refractivity contribution in [2.24, 2.45) is 0 Å². The maximum Gasteiger partial charge on any atom is 0.331 e. The topological polar surface area (TPSA) is 55.4 Å². The zero-order valence-electron chi connectivity index (χ0n) is 12.1. The highest BCUT2D eigenvalue weighted by molar-refractivity contribution is 8.02. The van der Waals surface area contributed by atoms with Crippen LogP contribution in [0.15, 0.2) is 71.0 Å². The van der Waals surface area contributed by atoms with Gasteiger partial charge in [-0.05, 0) is 29.7 Å². The lowest BCUT2D eigenvalue weighted by atomic mass is 10.3. The highest BCUT2D eigenvalue weighted by Gasteiger charge is 2.08. The number of ether oxygens (including phenoxy) is 1. The molecule has 0 spiro atoms. The molecule has 4 nitrogen and oxygen atoms in total. The molecule has 0 bridgehead atoms. The van der Waals surface area contributed by atoms with E-state index in [2.05, 4.69) is 5.32 Å². The van der Waals surface area contributed by atoms with Crippen LogP contribution in [0.25, 0.3) is 0 Å². The van der Waals surface area contributed by atoms with Gasteiger partial charge in [-0.25, -0.2) is 9.18 Å². The van der Waals surface area contributed by atoms with Gasteiger partial charge in [-0.15, -0.1) is 0 Å². The number of anilines is 1. The number of thioether (sulfide) groups is 1. The predicted octanol–water partition coefficient (Wildman–Crippen LogP) is 3.61. The minimum atomic E-state index is -0.642. The average Bonchev–Trinajstić information content (AvgIpc) is 2.56. The average molecular weight is 331 g/mol. The molecule has 2 aromatic carbocycles. The molecule has 0 unspecified atom stereocenters. The fraction of sp³-hybridized carbons (Fsp3) is 0.0588. The number of carbonyl (C=O) groups excluding carboxylic acids is 2. The Morgan fingerprint density at radius 1 is 1.09 bits per heavy atom. The molecule has 0 aromatic heterocycles. The van der Waals surface area contributed by atoms with E-state index in [0.717, 1.165) is 4.90 Å². The van der Waals surface area contributed by atoms with Crippen LogP contribution in [0.5, 0.6) is 0 Å². The summed E-state index contributed by atoms with van der Waals surface area (Å²) in [5.74, 6) is -1.80. The van der Waals surface area contributed by atoms with Crippen molar-refractivity contribution >= 4 is 29.3 Å². The van der Waals surface area contributed by atoms with E-state index in [4.69, 9.17) is 4.74 Å². The number of para-hydroxylation sites is 1. The first-order valence-electron chi connectivity index (χ1n) is 6.74. The van der Waals surface area contributed by atoms with Crippen LogP contribution in [0, 0.1) is 5.82 Å². The van der Waals surface area contributed by atoms with Crippen LogP contribution in [-0.4, -0.2) is 18.5 Å². The smallest absolute Gasteiger partial charge is 0.331 e. The van der Waals surface area contributed by atoms with Gasteiger partial charge in [-0.3, -0.25) is 4.79 Å². The zero-order chi connectivity index (χ0) is 16.5. The van der Waals surface area contributed by atoms with E-state index in [9.17, 15) is 14.0 Å². The number of hydrogen-bond donors (Lipinski definition) is 1. The third-order valence-corrected chi connectivity index (χ3v) is 3.46. The Balaban J connectivity index is 1.73.